The molecule has 0 bridgehead atoms. The SMILES string of the molecule is O=C(CSCc1cccnc1)Nc1ccc(OCc2ccccc2)nc1. The quantitative estimate of drug-likeness (QED) is 0.655. The van der Waals surface area contributed by atoms with Crippen molar-refractivity contribution in [3.8, 4) is 5.88 Å². The van der Waals surface area contributed by atoms with E-state index in [1.807, 2.05) is 48.7 Å². The van der Waals surface area contributed by atoms with Crippen molar-refractivity contribution >= 4 is 23.4 Å². The molecule has 1 aromatic carbocycles. The maximum absolute atomic E-state index is 12.0. The van der Waals surface area contributed by atoms with Crippen molar-refractivity contribution in [3.63, 3.8) is 0 Å². The molecule has 1 N–H and O–H groups in total. The first kappa shape index (κ1) is 17.9. The number of anilines is 1. The third-order valence-electron chi connectivity index (χ3n) is 3.47. The number of benzene rings is 1. The summed E-state index contributed by atoms with van der Waals surface area (Å²) >= 11 is 1.55. The Balaban J connectivity index is 1.41. The molecule has 1 amide bonds. The number of amides is 1. The van der Waals surface area contributed by atoms with Crippen LogP contribution in [0.1, 0.15) is 11.1 Å². The highest BCUT2D eigenvalue weighted by molar-refractivity contribution is 7.99. The van der Waals surface area contributed by atoms with Crippen LogP contribution in [0.3, 0.4) is 0 Å². The fraction of sp³-hybridized carbons (Fsp3) is 0.150. The molecule has 2 aromatic heterocycles. The third-order valence-corrected chi connectivity index (χ3v) is 4.48. The van der Waals surface area contributed by atoms with Crippen LogP contribution < -0.4 is 10.1 Å². The molecule has 0 aliphatic rings. The maximum atomic E-state index is 12.0. The van der Waals surface area contributed by atoms with Gasteiger partial charge in [0.2, 0.25) is 11.8 Å². The molecule has 3 rings (SSSR count). The highest BCUT2D eigenvalue weighted by Crippen LogP contribution is 2.15. The summed E-state index contributed by atoms with van der Waals surface area (Å²) in [4.78, 5) is 20.3. The van der Waals surface area contributed by atoms with Crippen LogP contribution in [-0.2, 0) is 17.2 Å². The Hall–Kier alpha value is -2.86. The number of thioether (sulfide) groups is 1. The van der Waals surface area contributed by atoms with Crippen LogP contribution in [0.2, 0.25) is 0 Å². The van der Waals surface area contributed by atoms with Crippen molar-refractivity contribution in [2.45, 2.75) is 12.4 Å². The zero-order valence-corrected chi connectivity index (χ0v) is 15.0. The van der Waals surface area contributed by atoms with Gasteiger partial charge in [-0.25, -0.2) is 4.98 Å². The fourth-order valence-corrected chi connectivity index (χ4v) is 2.98. The van der Waals surface area contributed by atoms with Gasteiger partial charge in [0.15, 0.2) is 0 Å². The average molecular weight is 365 g/mol. The number of hydrogen-bond donors (Lipinski definition) is 1. The molecule has 0 fully saturated rings. The van der Waals surface area contributed by atoms with Crippen molar-refractivity contribution in [2.24, 2.45) is 0 Å². The van der Waals surface area contributed by atoms with Gasteiger partial charge in [0, 0.05) is 24.2 Å². The van der Waals surface area contributed by atoms with E-state index in [4.69, 9.17) is 4.74 Å². The van der Waals surface area contributed by atoms with Gasteiger partial charge in [0.1, 0.15) is 6.61 Å². The monoisotopic (exact) mass is 365 g/mol. The first-order valence-electron chi connectivity index (χ1n) is 8.19. The van der Waals surface area contributed by atoms with E-state index in [9.17, 15) is 4.79 Å². The lowest BCUT2D eigenvalue weighted by Crippen LogP contribution is -2.14. The molecule has 0 aliphatic carbocycles. The standard InChI is InChI=1S/C20H19N3O2S/c24-19(15-26-14-17-7-4-10-21-11-17)23-18-8-9-20(22-12-18)25-13-16-5-2-1-3-6-16/h1-12H,13-15H2,(H,23,24). The van der Waals surface area contributed by atoms with E-state index in [1.165, 1.54) is 0 Å². The molecular weight excluding hydrogens is 346 g/mol. The van der Waals surface area contributed by atoms with E-state index >= 15 is 0 Å². The minimum Gasteiger partial charge on any atom is -0.473 e. The van der Waals surface area contributed by atoms with Crippen molar-refractivity contribution in [1.29, 1.82) is 0 Å². The topological polar surface area (TPSA) is 64.1 Å². The molecular formula is C20H19N3O2S. The van der Waals surface area contributed by atoms with Crippen molar-refractivity contribution in [2.75, 3.05) is 11.1 Å². The number of hydrogen-bond acceptors (Lipinski definition) is 5. The molecule has 0 spiro atoms. The molecule has 0 atom stereocenters. The molecule has 5 nitrogen and oxygen atoms in total. The van der Waals surface area contributed by atoms with Crippen LogP contribution in [0, 0.1) is 0 Å². The summed E-state index contributed by atoms with van der Waals surface area (Å²) in [5.41, 5.74) is 2.84. The Morgan fingerprint density at radius 1 is 1.00 bits per heavy atom. The number of aromatic nitrogens is 2. The van der Waals surface area contributed by atoms with Gasteiger partial charge in [-0.05, 0) is 23.3 Å². The van der Waals surface area contributed by atoms with Crippen LogP contribution in [0.25, 0.3) is 0 Å². The minimum atomic E-state index is -0.0568. The number of carbonyl (C=O) groups excluding carboxylic acids is 1. The first-order chi connectivity index (χ1) is 12.8. The summed E-state index contributed by atoms with van der Waals surface area (Å²) in [6.45, 7) is 0.463. The number of pyridine rings is 2. The number of ether oxygens (including phenoxy) is 1. The van der Waals surface area contributed by atoms with Crippen LogP contribution in [0.4, 0.5) is 5.69 Å². The molecule has 0 unspecified atom stereocenters. The van der Waals surface area contributed by atoms with Gasteiger partial charge < -0.3 is 10.1 Å². The summed E-state index contributed by atoms with van der Waals surface area (Å²) in [6.07, 6.45) is 5.15. The summed E-state index contributed by atoms with van der Waals surface area (Å²) < 4.78 is 5.63. The lowest BCUT2D eigenvalue weighted by molar-refractivity contribution is -0.113. The predicted molar refractivity (Wildman–Crippen MR) is 104 cm³/mol. The second-order valence-electron chi connectivity index (χ2n) is 5.56. The van der Waals surface area contributed by atoms with E-state index < -0.39 is 0 Å². The number of carbonyl (C=O) groups is 1. The molecule has 6 heteroatoms. The van der Waals surface area contributed by atoms with Crippen molar-refractivity contribution in [1.82, 2.24) is 9.97 Å². The second-order valence-corrected chi connectivity index (χ2v) is 6.55. The number of nitrogens with one attached hydrogen (secondary N) is 1. The molecule has 3 aromatic rings. The van der Waals surface area contributed by atoms with Gasteiger partial charge in [0.05, 0.1) is 17.6 Å². The molecule has 0 saturated carbocycles. The van der Waals surface area contributed by atoms with Gasteiger partial charge in [-0.3, -0.25) is 9.78 Å². The lowest BCUT2D eigenvalue weighted by atomic mass is 10.2. The van der Waals surface area contributed by atoms with Gasteiger partial charge >= 0.3 is 0 Å². The highest BCUT2D eigenvalue weighted by Gasteiger charge is 2.04. The van der Waals surface area contributed by atoms with E-state index in [1.54, 1.807) is 36.3 Å². The average Bonchev–Trinajstić information content (AvgIpc) is 2.69. The predicted octanol–water partition coefficient (Wildman–Crippen LogP) is 3.93. The Labute approximate surface area is 156 Å². The molecule has 0 aliphatic heterocycles. The maximum Gasteiger partial charge on any atom is 0.234 e. The summed E-state index contributed by atoms with van der Waals surface area (Å²) in [7, 11) is 0. The van der Waals surface area contributed by atoms with E-state index in [0.29, 0.717) is 23.9 Å². The fourth-order valence-electron chi connectivity index (χ4n) is 2.21. The van der Waals surface area contributed by atoms with Crippen LogP contribution in [0.15, 0.2) is 73.2 Å². The van der Waals surface area contributed by atoms with Crippen LogP contribution >= 0.6 is 11.8 Å². The zero-order valence-electron chi connectivity index (χ0n) is 14.2. The molecule has 26 heavy (non-hydrogen) atoms. The van der Waals surface area contributed by atoms with Crippen molar-refractivity contribution in [3.05, 3.63) is 84.3 Å². The summed E-state index contributed by atoms with van der Waals surface area (Å²) in [5.74, 6) is 1.60. The Morgan fingerprint density at radius 3 is 2.58 bits per heavy atom. The zero-order chi connectivity index (χ0) is 18.0. The largest absolute Gasteiger partial charge is 0.473 e. The van der Waals surface area contributed by atoms with E-state index in [-0.39, 0.29) is 5.91 Å². The minimum absolute atomic E-state index is 0.0568. The Bertz CT molecular complexity index is 811. The number of nitrogens with zero attached hydrogens (tertiary/aromatic N) is 2. The molecule has 0 radical (unpaired) electrons. The molecule has 132 valence electrons. The van der Waals surface area contributed by atoms with E-state index in [2.05, 4.69) is 15.3 Å². The third kappa shape index (κ3) is 5.89. The molecule has 0 saturated heterocycles. The smallest absolute Gasteiger partial charge is 0.234 e. The van der Waals surface area contributed by atoms with Gasteiger partial charge in [-0.2, -0.15) is 0 Å². The summed E-state index contributed by atoms with van der Waals surface area (Å²) in [6, 6.07) is 17.3. The lowest BCUT2D eigenvalue weighted by Gasteiger charge is -2.07. The van der Waals surface area contributed by atoms with Gasteiger partial charge in [-0.15, -0.1) is 11.8 Å². The van der Waals surface area contributed by atoms with Gasteiger partial charge in [-0.1, -0.05) is 36.4 Å². The Kier molecular flexibility index (Phi) is 6.61. The number of rotatable bonds is 8. The molecule has 2 heterocycles. The highest BCUT2D eigenvalue weighted by atomic mass is 32.2. The van der Waals surface area contributed by atoms with Crippen LogP contribution in [0.5, 0.6) is 5.88 Å². The van der Waals surface area contributed by atoms with Gasteiger partial charge in [0.25, 0.3) is 0 Å². The second kappa shape index (κ2) is 9.58. The summed E-state index contributed by atoms with van der Waals surface area (Å²) in [5, 5.41) is 2.84. The van der Waals surface area contributed by atoms with Crippen molar-refractivity contribution < 1.29 is 9.53 Å². The van der Waals surface area contributed by atoms with E-state index in [0.717, 1.165) is 16.9 Å². The Morgan fingerprint density at radius 2 is 1.85 bits per heavy atom. The van der Waals surface area contributed by atoms with Crippen LogP contribution in [-0.4, -0.2) is 21.6 Å². The first-order valence-corrected chi connectivity index (χ1v) is 9.34. The normalized spacial score (nSPS) is 10.3.